The maximum Gasteiger partial charge on any atom is 0.573 e. The number of nitrogens with zero attached hydrogens (tertiary/aromatic N) is 4. The largest absolute Gasteiger partial charge is 0.573 e. The molecule has 204 valence electrons. The maximum absolute atomic E-state index is 12.4. The summed E-state index contributed by atoms with van der Waals surface area (Å²) in [6.07, 6.45) is -0.665. The number of nitrogens with one attached hydrogen (secondary N) is 1. The Labute approximate surface area is 223 Å². The fourth-order valence-corrected chi connectivity index (χ4v) is 5.16. The number of primary sulfonamides is 1. The monoisotopic (exact) mass is 558 g/mol. The Bertz CT molecular complexity index is 1530. The number of rotatable bonds is 7. The minimum absolute atomic E-state index is 0.0544. The minimum Gasteiger partial charge on any atom is -0.406 e. The quantitative estimate of drug-likeness (QED) is 0.450. The summed E-state index contributed by atoms with van der Waals surface area (Å²) < 4.78 is 64.6. The number of sulfonamides is 1. The van der Waals surface area contributed by atoms with Gasteiger partial charge in [0.1, 0.15) is 17.9 Å². The molecule has 3 aromatic rings. The fraction of sp³-hybridized carbons (Fsp3) is 0.231. The lowest BCUT2D eigenvalue weighted by molar-refractivity contribution is -0.274. The first-order valence-electron chi connectivity index (χ1n) is 12.0. The second-order valence-electron chi connectivity index (χ2n) is 9.09. The van der Waals surface area contributed by atoms with Gasteiger partial charge in [0, 0.05) is 43.9 Å². The fourth-order valence-electron chi connectivity index (χ4n) is 4.60. The second-order valence-corrected chi connectivity index (χ2v) is 10.7. The van der Waals surface area contributed by atoms with Gasteiger partial charge in [-0.1, -0.05) is 18.7 Å². The minimum atomic E-state index is -4.74. The molecule has 0 bridgehead atoms. The summed E-state index contributed by atoms with van der Waals surface area (Å²) >= 11 is 0. The van der Waals surface area contributed by atoms with Gasteiger partial charge in [0.05, 0.1) is 16.4 Å². The molecule has 0 spiro atoms. The summed E-state index contributed by atoms with van der Waals surface area (Å²) in [6.45, 7) is 6.69. The normalized spacial score (nSPS) is 15.5. The van der Waals surface area contributed by atoms with Crippen LogP contribution in [0, 0.1) is 0 Å². The van der Waals surface area contributed by atoms with Crippen molar-refractivity contribution in [2.75, 3.05) is 36.4 Å². The zero-order valence-electron chi connectivity index (χ0n) is 20.6. The number of hydrogen-bond donors (Lipinski definition) is 2. The van der Waals surface area contributed by atoms with Gasteiger partial charge in [0.25, 0.3) is 0 Å². The van der Waals surface area contributed by atoms with Crippen molar-refractivity contribution in [3.05, 3.63) is 84.1 Å². The van der Waals surface area contributed by atoms with Crippen molar-refractivity contribution in [2.45, 2.75) is 17.7 Å². The SMILES string of the molecule is C=C(Nc1ccc(OC(F)(F)F)cc1)N1CCN(c2ncnc3c2C=C(c2cccc(S(N)(=O)=O)c2)C3)CC1. The van der Waals surface area contributed by atoms with Crippen molar-refractivity contribution >= 4 is 33.2 Å². The molecule has 1 aromatic heterocycles. The van der Waals surface area contributed by atoms with Crippen LogP contribution in [0.4, 0.5) is 24.7 Å². The van der Waals surface area contributed by atoms with Crippen LogP contribution in [0.15, 0.2) is 72.2 Å². The van der Waals surface area contributed by atoms with E-state index in [9.17, 15) is 21.6 Å². The van der Waals surface area contributed by atoms with E-state index in [1.54, 1.807) is 12.1 Å². The van der Waals surface area contributed by atoms with Gasteiger partial charge in [-0.05, 0) is 53.6 Å². The lowest BCUT2D eigenvalue weighted by atomic mass is 10.1. The van der Waals surface area contributed by atoms with Gasteiger partial charge in [0.2, 0.25) is 10.0 Å². The highest BCUT2D eigenvalue weighted by molar-refractivity contribution is 7.89. The number of hydrogen-bond acceptors (Lipinski definition) is 8. The number of fused-ring (bicyclic) bond motifs is 1. The average Bonchev–Trinajstić information content (AvgIpc) is 3.33. The summed E-state index contributed by atoms with van der Waals surface area (Å²) in [4.78, 5) is 13.2. The molecule has 0 unspecified atom stereocenters. The van der Waals surface area contributed by atoms with E-state index in [0.29, 0.717) is 44.1 Å². The van der Waals surface area contributed by atoms with Gasteiger partial charge in [-0.3, -0.25) is 0 Å². The van der Waals surface area contributed by atoms with Crippen molar-refractivity contribution < 1.29 is 26.3 Å². The Balaban J connectivity index is 1.24. The molecule has 1 fully saturated rings. The van der Waals surface area contributed by atoms with E-state index in [0.717, 1.165) is 28.2 Å². The zero-order chi connectivity index (χ0) is 27.8. The highest BCUT2D eigenvalue weighted by Gasteiger charge is 2.31. The summed E-state index contributed by atoms with van der Waals surface area (Å²) in [7, 11) is -3.82. The molecule has 0 saturated carbocycles. The van der Waals surface area contributed by atoms with Crippen LogP contribution in [0.1, 0.15) is 16.8 Å². The number of piperazine rings is 1. The first kappa shape index (κ1) is 26.5. The summed E-state index contributed by atoms with van der Waals surface area (Å²) in [5, 5.41) is 8.42. The van der Waals surface area contributed by atoms with Crippen molar-refractivity contribution in [1.82, 2.24) is 14.9 Å². The van der Waals surface area contributed by atoms with Crippen LogP contribution < -0.4 is 20.1 Å². The van der Waals surface area contributed by atoms with Crippen molar-refractivity contribution in [3.63, 3.8) is 0 Å². The Kier molecular flexibility index (Phi) is 6.95. The number of anilines is 2. The first-order chi connectivity index (χ1) is 18.5. The molecule has 1 saturated heterocycles. The highest BCUT2D eigenvalue weighted by atomic mass is 32.2. The van der Waals surface area contributed by atoms with E-state index in [1.165, 1.54) is 36.7 Å². The van der Waals surface area contributed by atoms with Crippen LogP contribution in [-0.4, -0.2) is 55.8 Å². The van der Waals surface area contributed by atoms with E-state index in [1.807, 2.05) is 12.1 Å². The van der Waals surface area contributed by atoms with E-state index in [-0.39, 0.29) is 10.6 Å². The average molecular weight is 559 g/mol. The predicted molar refractivity (Wildman–Crippen MR) is 141 cm³/mol. The maximum atomic E-state index is 12.4. The van der Waals surface area contributed by atoms with Crippen LogP contribution in [0.2, 0.25) is 0 Å². The Morgan fingerprint density at radius 2 is 1.77 bits per heavy atom. The number of alkyl halides is 3. The molecule has 39 heavy (non-hydrogen) atoms. The first-order valence-corrected chi connectivity index (χ1v) is 13.5. The highest BCUT2D eigenvalue weighted by Crippen LogP contribution is 2.36. The van der Waals surface area contributed by atoms with E-state index < -0.39 is 16.4 Å². The van der Waals surface area contributed by atoms with Gasteiger partial charge < -0.3 is 19.9 Å². The third kappa shape index (κ3) is 6.15. The third-order valence-corrected chi connectivity index (χ3v) is 7.40. The number of benzene rings is 2. The molecule has 5 rings (SSSR count). The lowest BCUT2D eigenvalue weighted by Gasteiger charge is -2.38. The van der Waals surface area contributed by atoms with Gasteiger partial charge in [-0.2, -0.15) is 0 Å². The molecule has 2 aromatic carbocycles. The van der Waals surface area contributed by atoms with Crippen molar-refractivity contribution in [3.8, 4) is 5.75 Å². The molecule has 1 aliphatic heterocycles. The molecule has 2 heterocycles. The predicted octanol–water partition coefficient (Wildman–Crippen LogP) is 3.82. The van der Waals surface area contributed by atoms with Crippen LogP contribution in [0.25, 0.3) is 11.6 Å². The zero-order valence-corrected chi connectivity index (χ0v) is 21.5. The Morgan fingerprint density at radius 1 is 1.05 bits per heavy atom. The summed E-state index contributed by atoms with van der Waals surface area (Å²) in [5.41, 5.74) is 4.05. The third-order valence-electron chi connectivity index (χ3n) is 6.49. The van der Waals surface area contributed by atoms with E-state index in [4.69, 9.17) is 5.14 Å². The Morgan fingerprint density at radius 3 is 2.44 bits per heavy atom. The summed E-state index contributed by atoms with van der Waals surface area (Å²) in [6, 6.07) is 12.0. The molecular formula is C26H25F3N6O3S. The summed E-state index contributed by atoms with van der Waals surface area (Å²) in [5.74, 6) is 1.14. The molecule has 13 heteroatoms. The molecule has 0 amide bonds. The van der Waals surface area contributed by atoms with Gasteiger partial charge in [-0.15, -0.1) is 13.2 Å². The van der Waals surface area contributed by atoms with E-state index in [2.05, 4.69) is 36.4 Å². The second kappa shape index (κ2) is 10.2. The number of halogens is 3. The molecule has 9 nitrogen and oxygen atoms in total. The Hall–Kier alpha value is -4.10. The topological polar surface area (TPSA) is 114 Å². The van der Waals surface area contributed by atoms with Crippen LogP contribution in [-0.2, 0) is 16.4 Å². The van der Waals surface area contributed by atoms with Crippen molar-refractivity contribution in [1.29, 1.82) is 0 Å². The van der Waals surface area contributed by atoms with Crippen molar-refractivity contribution in [2.24, 2.45) is 5.14 Å². The molecular weight excluding hydrogens is 533 g/mol. The van der Waals surface area contributed by atoms with Gasteiger partial charge in [0.15, 0.2) is 0 Å². The number of ether oxygens (including phenoxy) is 1. The van der Waals surface area contributed by atoms with Crippen LogP contribution in [0.5, 0.6) is 5.75 Å². The smallest absolute Gasteiger partial charge is 0.406 e. The van der Waals surface area contributed by atoms with Gasteiger partial charge >= 0.3 is 6.36 Å². The standard InChI is InChI=1S/C26H25F3N6O3S/c1-17(33-20-5-7-21(8-6-20)38-26(27,28)29)34-9-11-35(12-10-34)25-23-14-19(15-24(23)31-16-32-25)18-3-2-4-22(13-18)39(30,36)37/h2-8,13-14,16,33H,1,9-12,15H2,(H2,30,36,37). The molecule has 1 aliphatic carbocycles. The molecule has 2 aliphatic rings. The molecule has 3 N–H and O–H groups in total. The molecule has 0 atom stereocenters. The number of nitrogens with two attached hydrogens (primary N) is 1. The van der Waals surface area contributed by atoms with E-state index >= 15 is 0 Å². The lowest BCUT2D eigenvalue weighted by Crippen LogP contribution is -2.47. The van der Waals surface area contributed by atoms with Gasteiger partial charge in [-0.25, -0.2) is 23.5 Å². The van der Waals surface area contributed by atoms with Crippen LogP contribution >= 0.6 is 0 Å². The number of aromatic nitrogens is 2. The van der Waals surface area contributed by atoms with Crippen LogP contribution in [0.3, 0.4) is 0 Å². The number of allylic oxidation sites excluding steroid dienone is 1. The molecule has 0 radical (unpaired) electrons.